The molecular weight excluding hydrogens is 242 g/mol. The molecule has 104 valence electrons. The first-order valence-electron chi connectivity index (χ1n) is 5.59. The molecule has 0 heterocycles. The van der Waals surface area contributed by atoms with Gasteiger partial charge in [0.05, 0.1) is 0 Å². The van der Waals surface area contributed by atoms with Crippen molar-refractivity contribution in [3.8, 4) is 0 Å². The highest BCUT2D eigenvalue weighted by Crippen LogP contribution is 2.14. The summed E-state index contributed by atoms with van der Waals surface area (Å²) in [6, 6.07) is 0.786. The maximum absolute atomic E-state index is 5.32. The summed E-state index contributed by atoms with van der Waals surface area (Å²) in [4.78, 5) is 0. The molecule has 0 bridgehead atoms. The van der Waals surface area contributed by atoms with Gasteiger partial charge >= 0.3 is 8.80 Å². The van der Waals surface area contributed by atoms with Crippen LogP contribution in [0.1, 0.15) is 6.42 Å². The zero-order valence-electron chi connectivity index (χ0n) is 11.4. The van der Waals surface area contributed by atoms with Crippen LogP contribution in [0, 0.1) is 0 Å². The summed E-state index contributed by atoms with van der Waals surface area (Å²) < 4.78 is 26.1. The van der Waals surface area contributed by atoms with Gasteiger partial charge in [-0.15, -0.1) is 0 Å². The number of hydrogen-bond donors (Lipinski definition) is 1. The number of nitrogens with one attached hydrogen (secondary N) is 1. The van der Waals surface area contributed by atoms with Gasteiger partial charge in [-0.05, 0) is 13.0 Å². The van der Waals surface area contributed by atoms with Gasteiger partial charge in [-0.25, -0.2) is 0 Å². The maximum Gasteiger partial charge on any atom is 0.500 e. The second kappa shape index (κ2) is 9.95. The van der Waals surface area contributed by atoms with Crippen molar-refractivity contribution in [3.63, 3.8) is 0 Å². The van der Waals surface area contributed by atoms with Crippen LogP contribution in [0.4, 0.5) is 0 Å². The highest BCUT2D eigenvalue weighted by molar-refractivity contribution is 6.60. The van der Waals surface area contributed by atoms with E-state index in [-0.39, 0.29) is 6.29 Å². The van der Waals surface area contributed by atoms with Crippen LogP contribution in [0.2, 0.25) is 6.04 Å². The van der Waals surface area contributed by atoms with Crippen molar-refractivity contribution in [3.05, 3.63) is 0 Å². The van der Waals surface area contributed by atoms with Crippen molar-refractivity contribution in [2.24, 2.45) is 0 Å². The fourth-order valence-corrected chi connectivity index (χ4v) is 3.19. The van der Waals surface area contributed by atoms with Gasteiger partial charge in [-0.2, -0.15) is 0 Å². The third kappa shape index (κ3) is 6.46. The Labute approximate surface area is 105 Å². The normalized spacial score (nSPS) is 12.4. The summed E-state index contributed by atoms with van der Waals surface area (Å²) in [6.45, 7) is 1.50. The van der Waals surface area contributed by atoms with Crippen LogP contribution in [-0.4, -0.2) is 63.7 Å². The number of hydrogen-bond acceptors (Lipinski definition) is 6. The second-order valence-corrected chi connectivity index (χ2v) is 6.59. The molecule has 0 rings (SSSR count). The largest absolute Gasteiger partial charge is 0.500 e. The minimum Gasteiger partial charge on any atom is -0.377 e. The fraction of sp³-hybridized carbons (Fsp3) is 1.00. The predicted molar refractivity (Wildman–Crippen MR) is 66.9 cm³/mol. The SMILES string of the molecule is COC(CNCCC[Si](OC)(OC)OC)OC. The average molecular weight is 267 g/mol. The van der Waals surface area contributed by atoms with E-state index in [1.165, 1.54) is 0 Å². The van der Waals surface area contributed by atoms with Gasteiger partial charge in [0.1, 0.15) is 0 Å². The van der Waals surface area contributed by atoms with Crippen molar-refractivity contribution in [2.45, 2.75) is 18.8 Å². The first kappa shape index (κ1) is 17.0. The van der Waals surface area contributed by atoms with Crippen molar-refractivity contribution in [1.29, 1.82) is 0 Å². The predicted octanol–water partition coefficient (Wildman–Crippen LogP) is 0.463. The van der Waals surface area contributed by atoms with Crippen LogP contribution >= 0.6 is 0 Å². The van der Waals surface area contributed by atoms with Gasteiger partial charge in [0.15, 0.2) is 6.29 Å². The van der Waals surface area contributed by atoms with E-state index in [2.05, 4.69) is 5.32 Å². The van der Waals surface area contributed by atoms with E-state index in [0.29, 0.717) is 6.54 Å². The molecule has 7 heteroatoms. The van der Waals surface area contributed by atoms with Crippen LogP contribution in [0.25, 0.3) is 0 Å². The highest BCUT2D eigenvalue weighted by atomic mass is 28.4. The molecule has 0 amide bonds. The molecule has 0 aromatic carbocycles. The Kier molecular flexibility index (Phi) is 9.94. The quantitative estimate of drug-likeness (QED) is 0.333. The summed E-state index contributed by atoms with van der Waals surface area (Å²) in [5.41, 5.74) is 0. The molecule has 0 saturated carbocycles. The molecule has 0 aliphatic carbocycles. The third-order valence-corrected chi connectivity index (χ3v) is 5.44. The lowest BCUT2D eigenvalue weighted by molar-refractivity contribution is -0.0986. The van der Waals surface area contributed by atoms with E-state index in [4.69, 9.17) is 22.8 Å². The molecule has 17 heavy (non-hydrogen) atoms. The van der Waals surface area contributed by atoms with E-state index < -0.39 is 8.80 Å². The Bertz CT molecular complexity index is 168. The van der Waals surface area contributed by atoms with E-state index in [0.717, 1.165) is 19.0 Å². The van der Waals surface area contributed by atoms with Crippen molar-refractivity contribution in [1.82, 2.24) is 5.32 Å². The molecule has 0 unspecified atom stereocenters. The van der Waals surface area contributed by atoms with Gasteiger partial charge in [0, 0.05) is 48.1 Å². The Balaban J connectivity index is 3.68. The molecule has 0 fully saturated rings. The van der Waals surface area contributed by atoms with Gasteiger partial charge in [-0.3, -0.25) is 0 Å². The van der Waals surface area contributed by atoms with Crippen LogP contribution in [0.5, 0.6) is 0 Å². The zero-order chi connectivity index (χ0) is 13.1. The molecule has 1 N–H and O–H groups in total. The standard InChI is InChI=1S/C10H25NO5Si/c1-12-10(13-2)9-11-7-6-8-17(14-3,15-4)16-5/h10-11H,6-9H2,1-5H3. The molecule has 0 saturated heterocycles. The average Bonchev–Trinajstić information content (AvgIpc) is 2.39. The zero-order valence-corrected chi connectivity index (χ0v) is 12.4. The van der Waals surface area contributed by atoms with Gasteiger partial charge in [0.2, 0.25) is 0 Å². The molecule has 0 aliphatic rings. The third-order valence-electron chi connectivity index (χ3n) is 2.61. The second-order valence-electron chi connectivity index (χ2n) is 3.50. The first-order chi connectivity index (χ1) is 8.17. The van der Waals surface area contributed by atoms with Crippen LogP contribution in [-0.2, 0) is 22.8 Å². The molecule has 0 spiro atoms. The molecule has 6 nitrogen and oxygen atoms in total. The molecule has 0 aromatic heterocycles. The van der Waals surface area contributed by atoms with Crippen LogP contribution < -0.4 is 5.32 Å². The molecule has 0 atom stereocenters. The van der Waals surface area contributed by atoms with Crippen LogP contribution in [0.15, 0.2) is 0 Å². The van der Waals surface area contributed by atoms with E-state index in [9.17, 15) is 0 Å². The van der Waals surface area contributed by atoms with Crippen molar-refractivity contribution < 1.29 is 22.8 Å². The minimum atomic E-state index is -2.41. The summed E-state index contributed by atoms with van der Waals surface area (Å²) in [5.74, 6) is 0. The fourth-order valence-electron chi connectivity index (χ4n) is 1.47. The van der Waals surface area contributed by atoms with E-state index in [1.807, 2.05) is 0 Å². The first-order valence-corrected chi connectivity index (χ1v) is 7.53. The summed E-state index contributed by atoms with van der Waals surface area (Å²) in [5, 5.41) is 3.24. The summed E-state index contributed by atoms with van der Waals surface area (Å²) in [6.07, 6.45) is 0.714. The lowest BCUT2D eigenvalue weighted by Gasteiger charge is -2.24. The monoisotopic (exact) mass is 267 g/mol. The van der Waals surface area contributed by atoms with E-state index in [1.54, 1.807) is 35.5 Å². The Morgan fingerprint density at radius 3 is 1.88 bits per heavy atom. The Hall–Kier alpha value is -0.0231. The summed E-state index contributed by atoms with van der Waals surface area (Å²) in [7, 11) is 5.70. The topological polar surface area (TPSA) is 58.2 Å². The molecule has 0 aliphatic heterocycles. The summed E-state index contributed by atoms with van der Waals surface area (Å²) >= 11 is 0. The van der Waals surface area contributed by atoms with Crippen molar-refractivity contribution in [2.75, 3.05) is 48.6 Å². The van der Waals surface area contributed by atoms with Gasteiger partial charge in [0.25, 0.3) is 0 Å². The lowest BCUT2D eigenvalue weighted by Crippen LogP contribution is -2.43. The molecule has 0 radical (unpaired) electrons. The van der Waals surface area contributed by atoms with Gasteiger partial charge < -0.3 is 28.1 Å². The number of methoxy groups -OCH3 is 2. The highest BCUT2D eigenvalue weighted by Gasteiger charge is 2.36. The lowest BCUT2D eigenvalue weighted by atomic mass is 10.4. The number of ether oxygens (including phenoxy) is 2. The van der Waals surface area contributed by atoms with Crippen molar-refractivity contribution >= 4 is 8.80 Å². The Morgan fingerprint density at radius 2 is 1.47 bits per heavy atom. The maximum atomic E-state index is 5.32. The van der Waals surface area contributed by atoms with E-state index >= 15 is 0 Å². The minimum absolute atomic E-state index is 0.204. The molecular formula is C10H25NO5Si. The van der Waals surface area contributed by atoms with Crippen LogP contribution in [0.3, 0.4) is 0 Å². The van der Waals surface area contributed by atoms with Gasteiger partial charge in [-0.1, -0.05) is 0 Å². The smallest absolute Gasteiger partial charge is 0.377 e. The number of rotatable bonds is 11. The Morgan fingerprint density at radius 1 is 0.941 bits per heavy atom. The molecule has 0 aromatic rings.